The van der Waals surface area contributed by atoms with Crippen LogP contribution in [-0.2, 0) is 9.59 Å². The standard InChI is InChI=1S/C20H16N2O5/c1-12-2-5-14(6-3-12)22-19(24)15(18(23)21-20(22)25)10-13-4-7-16-17(11-13)27-9-8-26-16/h2-7,10-11H,8-9H2,1H3,(H,21,23,25)/b15-10+. The summed E-state index contributed by atoms with van der Waals surface area (Å²) in [5, 5.41) is 2.21. The molecule has 4 amide bonds. The normalized spacial score (nSPS) is 17.9. The largest absolute Gasteiger partial charge is 0.486 e. The second kappa shape index (κ2) is 6.60. The number of anilines is 1. The predicted octanol–water partition coefficient (Wildman–Crippen LogP) is 2.43. The Balaban J connectivity index is 1.70. The predicted molar refractivity (Wildman–Crippen MR) is 97.6 cm³/mol. The monoisotopic (exact) mass is 364 g/mol. The van der Waals surface area contributed by atoms with Crippen LogP contribution in [0.15, 0.2) is 48.0 Å². The average Bonchev–Trinajstić information content (AvgIpc) is 2.66. The Morgan fingerprint density at radius 1 is 0.963 bits per heavy atom. The summed E-state index contributed by atoms with van der Waals surface area (Å²) in [6.07, 6.45) is 1.43. The fraction of sp³-hybridized carbons (Fsp3) is 0.150. The zero-order valence-corrected chi connectivity index (χ0v) is 14.5. The summed E-state index contributed by atoms with van der Waals surface area (Å²) in [7, 11) is 0. The van der Waals surface area contributed by atoms with Gasteiger partial charge in [-0.05, 0) is 42.8 Å². The molecule has 136 valence electrons. The third-order valence-corrected chi connectivity index (χ3v) is 4.27. The first kappa shape index (κ1) is 16.8. The number of urea groups is 1. The number of carbonyl (C=O) groups excluding carboxylic acids is 3. The van der Waals surface area contributed by atoms with Gasteiger partial charge in [-0.25, -0.2) is 9.69 Å². The number of nitrogens with zero attached hydrogens (tertiary/aromatic N) is 1. The fourth-order valence-electron chi connectivity index (χ4n) is 2.90. The van der Waals surface area contributed by atoms with Gasteiger partial charge in [0.2, 0.25) is 0 Å². The van der Waals surface area contributed by atoms with Crippen LogP contribution in [0.5, 0.6) is 11.5 Å². The van der Waals surface area contributed by atoms with E-state index in [-0.39, 0.29) is 5.57 Å². The van der Waals surface area contributed by atoms with E-state index in [1.54, 1.807) is 42.5 Å². The fourth-order valence-corrected chi connectivity index (χ4v) is 2.90. The molecule has 1 saturated heterocycles. The summed E-state index contributed by atoms with van der Waals surface area (Å²) >= 11 is 0. The number of imide groups is 2. The van der Waals surface area contributed by atoms with E-state index in [2.05, 4.69) is 5.32 Å². The topological polar surface area (TPSA) is 84.9 Å². The van der Waals surface area contributed by atoms with Crippen LogP contribution in [0.2, 0.25) is 0 Å². The highest BCUT2D eigenvalue weighted by Gasteiger charge is 2.36. The molecule has 0 radical (unpaired) electrons. The zero-order valence-electron chi connectivity index (χ0n) is 14.5. The van der Waals surface area contributed by atoms with Gasteiger partial charge >= 0.3 is 6.03 Å². The van der Waals surface area contributed by atoms with Gasteiger partial charge in [0, 0.05) is 0 Å². The van der Waals surface area contributed by atoms with Gasteiger partial charge < -0.3 is 9.47 Å². The number of hydrogen-bond donors (Lipinski definition) is 1. The summed E-state index contributed by atoms with van der Waals surface area (Å²) in [6.45, 7) is 2.81. The molecule has 1 fully saturated rings. The molecule has 0 atom stereocenters. The number of amides is 4. The lowest BCUT2D eigenvalue weighted by Gasteiger charge is -2.26. The second-order valence-corrected chi connectivity index (χ2v) is 6.20. The third-order valence-electron chi connectivity index (χ3n) is 4.27. The van der Waals surface area contributed by atoms with Gasteiger partial charge in [-0.3, -0.25) is 14.9 Å². The van der Waals surface area contributed by atoms with E-state index < -0.39 is 17.8 Å². The molecule has 0 unspecified atom stereocenters. The number of fused-ring (bicyclic) bond motifs is 1. The van der Waals surface area contributed by atoms with Crippen molar-refractivity contribution in [2.45, 2.75) is 6.92 Å². The van der Waals surface area contributed by atoms with Crippen LogP contribution in [0.1, 0.15) is 11.1 Å². The molecule has 0 saturated carbocycles. The van der Waals surface area contributed by atoms with Crippen LogP contribution in [-0.4, -0.2) is 31.1 Å². The molecule has 2 aromatic carbocycles. The van der Waals surface area contributed by atoms with Crippen molar-refractivity contribution in [1.29, 1.82) is 0 Å². The van der Waals surface area contributed by atoms with Crippen molar-refractivity contribution >= 4 is 29.6 Å². The van der Waals surface area contributed by atoms with Crippen molar-refractivity contribution in [2.75, 3.05) is 18.1 Å². The van der Waals surface area contributed by atoms with Crippen LogP contribution in [0.4, 0.5) is 10.5 Å². The van der Waals surface area contributed by atoms with Gasteiger partial charge in [0.15, 0.2) is 11.5 Å². The highest BCUT2D eigenvalue weighted by Crippen LogP contribution is 2.32. The van der Waals surface area contributed by atoms with Gasteiger partial charge in [-0.15, -0.1) is 0 Å². The van der Waals surface area contributed by atoms with Gasteiger partial charge in [0.05, 0.1) is 5.69 Å². The number of carbonyl (C=O) groups is 3. The maximum absolute atomic E-state index is 12.8. The Morgan fingerprint density at radius 3 is 2.41 bits per heavy atom. The summed E-state index contributed by atoms with van der Waals surface area (Å²) in [5.41, 5.74) is 1.85. The van der Waals surface area contributed by atoms with Crippen LogP contribution in [0.3, 0.4) is 0 Å². The Kier molecular flexibility index (Phi) is 4.12. The van der Waals surface area contributed by atoms with Crippen LogP contribution < -0.4 is 19.7 Å². The second-order valence-electron chi connectivity index (χ2n) is 6.20. The summed E-state index contributed by atoms with van der Waals surface area (Å²) in [4.78, 5) is 38.2. The maximum Gasteiger partial charge on any atom is 0.335 e. The molecular formula is C20H16N2O5. The molecule has 2 aliphatic rings. The first-order chi connectivity index (χ1) is 13.0. The quantitative estimate of drug-likeness (QED) is 0.653. The number of benzene rings is 2. The number of barbiturate groups is 1. The smallest absolute Gasteiger partial charge is 0.335 e. The first-order valence-corrected chi connectivity index (χ1v) is 8.41. The number of aryl methyl sites for hydroxylation is 1. The molecule has 0 bridgehead atoms. The van der Waals surface area contributed by atoms with Crippen molar-refractivity contribution in [2.24, 2.45) is 0 Å². The first-order valence-electron chi connectivity index (χ1n) is 8.41. The molecule has 2 aromatic rings. The highest BCUT2D eigenvalue weighted by molar-refractivity contribution is 6.39. The molecular weight excluding hydrogens is 348 g/mol. The minimum Gasteiger partial charge on any atom is -0.486 e. The van der Waals surface area contributed by atoms with E-state index >= 15 is 0 Å². The highest BCUT2D eigenvalue weighted by atomic mass is 16.6. The van der Waals surface area contributed by atoms with E-state index in [1.165, 1.54) is 6.08 Å². The van der Waals surface area contributed by atoms with Gasteiger partial charge in [-0.2, -0.15) is 0 Å². The lowest BCUT2D eigenvalue weighted by atomic mass is 10.1. The van der Waals surface area contributed by atoms with Crippen LogP contribution in [0.25, 0.3) is 6.08 Å². The van der Waals surface area contributed by atoms with Gasteiger partial charge in [0.1, 0.15) is 18.8 Å². The average molecular weight is 364 g/mol. The van der Waals surface area contributed by atoms with Gasteiger partial charge in [-0.1, -0.05) is 23.8 Å². The summed E-state index contributed by atoms with van der Waals surface area (Å²) in [5.74, 6) is -0.254. The Bertz CT molecular complexity index is 978. The van der Waals surface area contributed by atoms with E-state index in [9.17, 15) is 14.4 Å². The molecule has 27 heavy (non-hydrogen) atoms. The molecule has 0 spiro atoms. The van der Waals surface area contributed by atoms with Crippen molar-refractivity contribution in [3.05, 3.63) is 59.2 Å². The summed E-state index contributed by atoms with van der Waals surface area (Å²) < 4.78 is 11.0. The molecule has 4 rings (SSSR count). The molecule has 1 N–H and O–H groups in total. The lowest BCUT2D eigenvalue weighted by Crippen LogP contribution is -2.54. The zero-order chi connectivity index (χ0) is 19.0. The Hall–Kier alpha value is -3.61. The van der Waals surface area contributed by atoms with E-state index in [1.807, 2.05) is 6.92 Å². The number of nitrogens with one attached hydrogen (secondary N) is 1. The molecule has 0 aromatic heterocycles. The van der Waals surface area contributed by atoms with Crippen molar-refractivity contribution in [3.63, 3.8) is 0 Å². The molecule has 2 aliphatic heterocycles. The number of hydrogen-bond acceptors (Lipinski definition) is 5. The maximum atomic E-state index is 12.8. The van der Waals surface area contributed by atoms with E-state index in [0.29, 0.717) is 36.0 Å². The van der Waals surface area contributed by atoms with Crippen molar-refractivity contribution in [3.8, 4) is 11.5 Å². The Labute approximate surface area is 155 Å². The van der Waals surface area contributed by atoms with E-state index in [0.717, 1.165) is 10.5 Å². The third kappa shape index (κ3) is 3.15. The SMILES string of the molecule is Cc1ccc(N2C(=O)NC(=O)/C(=C\c3ccc4c(c3)OCCO4)C2=O)cc1. The minimum atomic E-state index is -0.770. The van der Waals surface area contributed by atoms with Crippen LogP contribution >= 0.6 is 0 Å². The minimum absolute atomic E-state index is 0.133. The molecule has 2 heterocycles. The van der Waals surface area contributed by atoms with Gasteiger partial charge in [0.25, 0.3) is 11.8 Å². The Morgan fingerprint density at radius 2 is 1.67 bits per heavy atom. The molecule has 7 heteroatoms. The molecule has 0 aliphatic carbocycles. The number of rotatable bonds is 2. The number of ether oxygens (including phenoxy) is 2. The lowest BCUT2D eigenvalue weighted by molar-refractivity contribution is -0.122. The van der Waals surface area contributed by atoms with Crippen molar-refractivity contribution < 1.29 is 23.9 Å². The summed E-state index contributed by atoms with van der Waals surface area (Å²) in [6, 6.07) is 11.2. The van der Waals surface area contributed by atoms with E-state index in [4.69, 9.17) is 9.47 Å². The van der Waals surface area contributed by atoms with Crippen molar-refractivity contribution in [1.82, 2.24) is 5.32 Å². The molecule has 7 nitrogen and oxygen atoms in total. The van der Waals surface area contributed by atoms with Crippen LogP contribution in [0, 0.1) is 6.92 Å².